The molecule has 0 radical (unpaired) electrons. The Balaban J connectivity index is 1.67. The Morgan fingerprint density at radius 3 is 2.77 bits per heavy atom. The van der Waals surface area contributed by atoms with Gasteiger partial charge in [-0.1, -0.05) is 6.92 Å². The summed E-state index contributed by atoms with van der Waals surface area (Å²) in [5.41, 5.74) is 2.66. The van der Waals surface area contributed by atoms with Crippen LogP contribution in [0.15, 0.2) is 54.9 Å². The van der Waals surface area contributed by atoms with Crippen LogP contribution in [-0.4, -0.2) is 46.0 Å². The highest BCUT2D eigenvalue weighted by atomic mass is 16.5. The molecule has 1 aromatic carbocycles. The SMILES string of the molecule is CCC(=O)N1CCCC(c2nc(Nc3ccc(OC)cc3)cc(-c3cccnc3)n2)C1. The fourth-order valence-electron chi connectivity index (χ4n) is 3.83. The van der Waals surface area contributed by atoms with Crippen LogP contribution in [0.4, 0.5) is 11.5 Å². The summed E-state index contributed by atoms with van der Waals surface area (Å²) in [6, 6.07) is 13.5. The molecule has 7 heteroatoms. The monoisotopic (exact) mass is 417 g/mol. The summed E-state index contributed by atoms with van der Waals surface area (Å²) in [7, 11) is 1.65. The first-order valence-corrected chi connectivity index (χ1v) is 10.6. The number of hydrogen-bond acceptors (Lipinski definition) is 6. The molecule has 1 fully saturated rings. The van der Waals surface area contributed by atoms with Crippen LogP contribution in [-0.2, 0) is 4.79 Å². The van der Waals surface area contributed by atoms with E-state index in [0.717, 1.165) is 47.9 Å². The Labute approximate surface area is 182 Å². The number of nitrogens with zero attached hydrogens (tertiary/aromatic N) is 4. The highest BCUT2D eigenvalue weighted by molar-refractivity contribution is 5.76. The maximum absolute atomic E-state index is 12.2. The van der Waals surface area contributed by atoms with Crippen molar-refractivity contribution in [2.45, 2.75) is 32.1 Å². The number of piperidine rings is 1. The lowest BCUT2D eigenvalue weighted by atomic mass is 9.96. The highest BCUT2D eigenvalue weighted by Gasteiger charge is 2.26. The number of anilines is 2. The van der Waals surface area contributed by atoms with E-state index in [4.69, 9.17) is 14.7 Å². The maximum atomic E-state index is 12.2. The number of carbonyl (C=O) groups excluding carboxylic acids is 1. The number of aromatic nitrogens is 3. The molecule has 1 unspecified atom stereocenters. The van der Waals surface area contributed by atoms with Crippen molar-refractivity contribution < 1.29 is 9.53 Å². The van der Waals surface area contributed by atoms with Crippen LogP contribution in [0, 0.1) is 0 Å². The van der Waals surface area contributed by atoms with Crippen LogP contribution in [0.2, 0.25) is 0 Å². The summed E-state index contributed by atoms with van der Waals surface area (Å²) in [6.45, 7) is 3.37. The van der Waals surface area contributed by atoms with Gasteiger partial charge in [-0.05, 0) is 49.2 Å². The Bertz CT molecular complexity index is 1020. The van der Waals surface area contributed by atoms with Crippen LogP contribution >= 0.6 is 0 Å². The van der Waals surface area contributed by atoms with E-state index in [-0.39, 0.29) is 11.8 Å². The molecule has 1 atom stereocenters. The highest BCUT2D eigenvalue weighted by Crippen LogP contribution is 2.29. The second-order valence-electron chi connectivity index (χ2n) is 7.62. The Kier molecular flexibility index (Phi) is 6.40. The number of amides is 1. The van der Waals surface area contributed by atoms with E-state index in [2.05, 4.69) is 10.3 Å². The van der Waals surface area contributed by atoms with Gasteiger partial charge in [0.15, 0.2) is 0 Å². The first-order chi connectivity index (χ1) is 15.2. The number of pyridine rings is 1. The van der Waals surface area contributed by atoms with Crippen molar-refractivity contribution in [2.75, 3.05) is 25.5 Å². The maximum Gasteiger partial charge on any atom is 0.222 e. The van der Waals surface area contributed by atoms with E-state index < -0.39 is 0 Å². The van der Waals surface area contributed by atoms with Crippen LogP contribution in [0.1, 0.15) is 37.9 Å². The summed E-state index contributed by atoms with van der Waals surface area (Å²) in [5, 5.41) is 3.38. The van der Waals surface area contributed by atoms with Crippen molar-refractivity contribution in [3.8, 4) is 17.0 Å². The number of nitrogens with one attached hydrogen (secondary N) is 1. The van der Waals surface area contributed by atoms with E-state index >= 15 is 0 Å². The number of benzene rings is 1. The lowest BCUT2D eigenvalue weighted by Gasteiger charge is -2.32. The molecule has 7 nitrogen and oxygen atoms in total. The minimum absolute atomic E-state index is 0.109. The second kappa shape index (κ2) is 9.55. The minimum Gasteiger partial charge on any atom is -0.497 e. The normalized spacial score (nSPS) is 16.1. The number of ether oxygens (including phenoxy) is 1. The van der Waals surface area contributed by atoms with Gasteiger partial charge in [0, 0.05) is 55.1 Å². The number of rotatable bonds is 6. The molecule has 0 saturated carbocycles. The van der Waals surface area contributed by atoms with Crippen LogP contribution in [0.3, 0.4) is 0 Å². The van der Waals surface area contributed by atoms with Crippen molar-refractivity contribution in [3.05, 3.63) is 60.7 Å². The van der Waals surface area contributed by atoms with Gasteiger partial charge in [0.05, 0.1) is 12.8 Å². The molecule has 3 heterocycles. The quantitative estimate of drug-likeness (QED) is 0.640. The standard InChI is InChI=1S/C24H27N5O2/c1-3-23(30)29-13-5-7-18(16-29)24-27-21(17-6-4-12-25-15-17)14-22(28-24)26-19-8-10-20(31-2)11-9-19/h4,6,8-12,14-15,18H,3,5,7,13,16H2,1-2H3,(H,26,27,28). The average Bonchev–Trinajstić information content (AvgIpc) is 2.84. The van der Waals surface area contributed by atoms with E-state index in [1.165, 1.54) is 0 Å². The van der Waals surface area contributed by atoms with Gasteiger partial charge in [0.25, 0.3) is 0 Å². The third kappa shape index (κ3) is 4.99. The first-order valence-electron chi connectivity index (χ1n) is 10.6. The molecule has 3 aromatic rings. The van der Waals surface area contributed by atoms with Gasteiger partial charge >= 0.3 is 0 Å². The number of carbonyl (C=O) groups is 1. The van der Waals surface area contributed by atoms with Gasteiger partial charge in [0.1, 0.15) is 17.4 Å². The Morgan fingerprint density at radius 1 is 1.23 bits per heavy atom. The summed E-state index contributed by atoms with van der Waals surface area (Å²) < 4.78 is 5.24. The van der Waals surface area contributed by atoms with Crippen LogP contribution in [0.25, 0.3) is 11.3 Å². The number of hydrogen-bond donors (Lipinski definition) is 1. The van der Waals surface area contributed by atoms with Gasteiger partial charge < -0.3 is 15.0 Å². The van der Waals surface area contributed by atoms with Crippen molar-refractivity contribution >= 4 is 17.4 Å². The number of methoxy groups -OCH3 is 1. The number of likely N-dealkylation sites (tertiary alicyclic amines) is 1. The molecule has 31 heavy (non-hydrogen) atoms. The summed E-state index contributed by atoms with van der Waals surface area (Å²) in [4.78, 5) is 28.1. The van der Waals surface area contributed by atoms with E-state index in [0.29, 0.717) is 18.8 Å². The predicted octanol–water partition coefficient (Wildman–Crippen LogP) is 4.41. The lowest BCUT2D eigenvalue weighted by Crippen LogP contribution is -2.39. The minimum atomic E-state index is 0.109. The molecule has 4 rings (SSSR count). The third-order valence-corrected chi connectivity index (χ3v) is 5.50. The van der Waals surface area contributed by atoms with Gasteiger partial charge in [-0.2, -0.15) is 0 Å². The Morgan fingerprint density at radius 2 is 2.06 bits per heavy atom. The lowest BCUT2D eigenvalue weighted by molar-refractivity contribution is -0.132. The van der Waals surface area contributed by atoms with Crippen molar-refractivity contribution in [3.63, 3.8) is 0 Å². The summed E-state index contributed by atoms with van der Waals surface area (Å²) >= 11 is 0. The molecular formula is C24H27N5O2. The molecular weight excluding hydrogens is 390 g/mol. The molecule has 0 bridgehead atoms. The Hall–Kier alpha value is -3.48. The van der Waals surface area contributed by atoms with Crippen LogP contribution < -0.4 is 10.1 Å². The van der Waals surface area contributed by atoms with E-state index in [1.807, 2.05) is 54.3 Å². The van der Waals surface area contributed by atoms with E-state index in [1.54, 1.807) is 19.5 Å². The molecule has 0 spiro atoms. The molecule has 1 amide bonds. The third-order valence-electron chi connectivity index (χ3n) is 5.50. The van der Waals surface area contributed by atoms with Gasteiger partial charge in [-0.15, -0.1) is 0 Å². The molecule has 160 valence electrons. The van der Waals surface area contributed by atoms with Gasteiger partial charge in [-0.25, -0.2) is 9.97 Å². The average molecular weight is 418 g/mol. The molecule has 0 aliphatic carbocycles. The smallest absolute Gasteiger partial charge is 0.222 e. The topological polar surface area (TPSA) is 80.2 Å². The predicted molar refractivity (Wildman–Crippen MR) is 120 cm³/mol. The largest absolute Gasteiger partial charge is 0.497 e. The molecule has 1 N–H and O–H groups in total. The summed E-state index contributed by atoms with van der Waals surface area (Å²) in [6.07, 6.45) is 5.99. The van der Waals surface area contributed by atoms with Crippen LogP contribution in [0.5, 0.6) is 5.75 Å². The van der Waals surface area contributed by atoms with E-state index in [9.17, 15) is 4.79 Å². The zero-order valence-electron chi connectivity index (χ0n) is 17.9. The first kappa shape index (κ1) is 20.8. The molecule has 1 aliphatic rings. The van der Waals surface area contributed by atoms with Crippen molar-refractivity contribution in [1.29, 1.82) is 0 Å². The molecule has 1 aliphatic heterocycles. The zero-order chi connectivity index (χ0) is 21.6. The molecule has 2 aromatic heterocycles. The summed E-state index contributed by atoms with van der Waals surface area (Å²) in [5.74, 6) is 2.56. The van der Waals surface area contributed by atoms with Gasteiger partial charge in [-0.3, -0.25) is 9.78 Å². The fourth-order valence-corrected chi connectivity index (χ4v) is 3.83. The van der Waals surface area contributed by atoms with Crippen molar-refractivity contribution in [1.82, 2.24) is 19.9 Å². The van der Waals surface area contributed by atoms with Crippen molar-refractivity contribution in [2.24, 2.45) is 0 Å². The molecule has 1 saturated heterocycles. The second-order valence-corrected chi connectivity index (χ2v) is 7.62. The van der Waals surface area contributed by atoms with Gasteiger partial charge in [0.2, 0.25) is 5.91 Å². The fraction of sp³-hybridized carbons (Fsp3) is 0.333. The zero-order valence-corrected chi connectivity index (χ0v) is 17.9.